The minimum atomic E-state index is -0.582. The molecule has 0 aromatic heterocycles. The average molecular weight is 202 g/mol. The molecule has 8 heteroatoms. The topological polar surface area (TPSA) is 117 Å². The molecule has 0 unspecified atom stereocenters. The molecule has 6 N–H and O–H groups in total. The number of primary amides is 2. The van der Waals surface area contributed by atoms with Gasteiger partial charge < -0.3 is 11.5 Å². The highest BCUT2D eigenvalue weighted by atomic mass is 16.2. The second-order valence-electron chi connectivity index (χ2n) is 2.93. The lowest BCUT2D eigenvalue weighted by atomic mass is 10.4. The van der Waals surface area contributed by atoms with Crippen LogP contribution in [0.4, 0.5) is 9.59 Å². The molecular weight excluding hydrogens is 188 g/mol. The maximum Gasteiger partial charge on any atom is 0.326 e. The van der Waals surface area contributed by atoms with Gasteiger partial charge in [-0.1, -0.05) is 0 Å². The number of amides is 4. The molecule has 0 aromatic carbocycles. The molecule has 1 rings (SSSR count). The molecule has 1 heterocycles. The number of hydrogen-bond donors (Lipinski definition) is 4. The Bertz CT molecular complexity index is 200. The first-order valence-corrected chi connectivity index (χ1v) is 4.20. The van der Waals surface area contributed by atoms with Crippen molar-refractivity contribution >= 4 is 12.1 Å². The number of carbonyl (C=O) groups excluding carboxylic acids is 2. The zero-order valence-corrected chi connectivity index (χ0v) is 7.69. The van der Waals surface area contributed by atoms with E-state index in [0.717, 1.165) is 0 Å². The molecule has 1 saturated heterocycles. The Morgan fingerprint density at radius 3 is 1.36 bits per heavy atom. The summed E-state index contributed by atoms with van der Waals surface area (Å²) in [5.41, 5.74) is 14.8. The summed E-state index contributed by atoms with van der Waals surface area (Å²) < 4.78 is 0. The Kier molecular flexibility index (Phi) is 3.48. The summed E-state index contributed by atoms with van der Waals surface area (Å²) in [4.78, 5) is 21.0. The number of nitrogens with two attached hydrogens (primary N) is 2. The molecule has 1 aliphatic heterocycles. The molecule has 80 valence electrons. The van der Waals surface area contributed by atoms with Gasteiger partial charge in [-0.25, -0.2) is 19.6 Å². The van der Waals surface area contributed by atoms with Crippen LogP contribution in [-0.4, -0.2) is 48.3 Å². The molecule has 0 spiro atoms. The fourth-order valence-corrected chi connectivity index (χ4v) is 1.24. The fourth-order valence-electron chi connectivity index (χ4n) is 1.24. The standard InChI is InChI=1S/C6H14N6O2/c7-5(13)9-11-1-2-12(4-3-11)10-6(8)14/h1-4H2,(H3,7,9,13)(H3,8,10,14). The van der Waals surface area contributed by atoms with Gasteiger partial charge >= 0.3 is 12.1 Å². The monoisotopic (exact) mass is 202 g/mol. The van der Waals surface area contributed by atoms with Gasteiger partial charge in [-0.05, 0) is 0 Å². The lowest BCUT2D eigenvalue weighted by Gasteiger charge is -2.33. The first-order valence-electron chi connectivity index (χ1n) is 4.20. The third kappa shape index (κ3) is 3.46. The minimum Gasteiger partial charge on any atom is -0.351 e. The van der Waals surface area contributed by atoms with Crippen LogP contribution in [0.2, 0.25) is 0 Å². The van der Waals surface area contributed by atoms with Gasteiger partial charge in [0.25, 0.3) is 0 Å². The third-order valence-corrected chi connectivity index (χ3v) is 1.82. The van der Waals surface area contributed by atoms with Gasteiger partial charge in [-0.15, -0.1) is 0 Å². The first kappa shape index (κ1) is 10.5. The van der Waals surface area contributed by atoms with Crippen molar-refractivity contribution in [1.82, 2.24) is 20.9 Å². The summed E-state index contributed by atoms with van der Waals surface area (Å²) in [6, 6.07) is -1.16. The van der Waals surface area contributed by atoms with Crippen molar-refractivity contribution < 1.29 is 9.59 Å². The summed E-state index contributed by atoms with van der Waals surface area (Å²) in [6.45, 7) is 2.35. The molecule has 4 amide bonds. The largest absolute Gasteiger partial charge is 0.351 e. The van der Waals surface area contributed by atoms with E-state index in [1.807, 2.05) is 0 Å². The second-order valence-corrected chi connectivity index (χ2v) is 2.93. The fraction of sp³-hybridized carbons (Fsp3) is 0.667. The Hall–Kier alpha value is -1.54. The number of carbonyl (C=O) groups is 2. The van der Waals surface area contributed by atoms with E-state index < -0.39 is 12.1 Å². The summed E-state index contributed by atoms with van der Waals surface area (Å²) in [7, 11) is 0. The number of nitrogens with one attached hydrogen (secondary N) is 2. The highest BCUT2D eigenvalue weighted by molar-refractivity contribution is 5.71. The number of piperazine rings is 1. The van der Waals surface area contributed by atoms with Gasteiger partial charge in [-0.3, -0.25) is 10.9 Å². The van der Waals surface area contributed by atoms with E-state index in [-0.39, 0.29) is 0 Å². The van der Waals surface area contributed by atoms with Crippen molar-refractivity contribution in [3.05, 3.63) is 0 Å². The van der Waals surface area contributed by atoms with E-state index in [4.69, 9.17) is 11.5 Å². The molecule has 14 heavy (non-hydrogen) atoms. The molecule has 1 fully saturated rings. The number of urea groups is 2. The number of rotatable bonds is 2. The Balaban J connectivity index is 2.24. The number of hydrazine groups is 2. The van der Waals surface area contributed by atoms with Crippen LogP contribution in [0, 0.1) is 0 Å². The Morgan fingerprint density at radius 1 is 0.857 bits per heavy atom. The van der Waals surface area contributed by atoms with Gasteiger partial charge in [0.2, 0.25) is 0 Å². The molecule has 0 saturated carbocycles. The minimum absolute atomic E-state index is 0.582. The highest BCUT2D eigenvalue weighted by Gasteiger charge is 2.17. The SMILES string of the molecule is NC(=O)NN1CCN(NC(N)=O)CC1. The summed E-state index contributed by atoms with van der Waals surface area (Å²) in [5, 5.41) is 3.36. The van der Waals surface area contributed by atoms with Crippen LogP contribution >= 0.6 is 0 Å². The quantitative estimate of drug-likeness (QED) is 0.405. The van der Waals surface area contributed by atoms with Gasteiger partial charge in [0, 0.05) is 26.2 Å². The first-order chi connectivity index (χ1) is 6.58. The maximum atomic E-state index is 10.5. The van der Waals surface area contributed by atoms with Crippen molar-refractivity contribution in [2.24, 2.45) is 11.5 Å². The second kappa shape index (κ2) is 4.63. The lowest BCUT2D eigenvalue weighted by molar-refractivity contribution is 0.0765. The molecule has 0 aliphatic carbocycles. The maximum absolute atomic E-state index is 10.5. The summed E-state index contributed by atoms with van der Waals surface area (Å²) in [6.07, 6.45) is 0. The molecular formula is C6H14N6O2. The van der Waals surface area contributed by atoms with Crippen LogP contribution in [0.1, 0.15) is 0 Å². The van der Waals surface area contributed by atoms with E-state index in [0.29, 0.717) is 26.2 Å². The average Bonchev–Trinajstić information content (AvgIpc) is 2.06. The van der Waals surface area contributed by atoms with Crippen LogP contribution < -0.4 is 22.3 Å². The molecule has 0 atom stereocenters. The zero-order chi connectivity index (χ0) is 10.6. The van der Waals surface area contributed by atoms with Gasteiger partial charge in [-0.2, -0.15) is 0 Å². The van der Waals surface area contributed by atoms with E-state index in [9.17, 15) is 9.59 Å². The lowest BCUT2D eigenvalue weighted by Crippen LogP contribution is -2.59. The van der Waals surface area contributed by atoms with Gasteiger partial charge in [0.15, 0.2) is 0 Å². The normalized spacial score (nSPS) is 18.9. The van der Waals surface area contributed by atoms with Crippen LogP contribution in [0.15, 0.2) is 0 Å². The Labute approximate surface area is 81.1 Å². The van der Waals surface area contributed by atoms with Crippen LogP contribution in [0.25, 0.3) is 0 Å². The Morgan fingerprint density at radius 2 is 1.14 bits per heavy atom. The number of hydrogen-bond acceptors (Lipinski definition) is 4. The van der Waals surface area contributed by atoms with E-state index in [2.05, 4.69) is 10.9 Å². The van der Waals surface area contributed by atoms with Crippen molar-refractivity contribution in [2.45, 2.75) is 0 Å². The molecule has 0 aromatic rings. The van der Waals surface area contributed by atoms with E-state index >= 15 is 0 Å². The van der Waals surface area contributed by atoms with Crippen LogP contribution in [-0.2, 0) is 0 Å². The molecule has 8 nitrogen and oxygen atoms in total. The summed E-state index contributed by atoms with van der Waals surface area (Å²) >= 11 is 0. The van der Waals surface area contributed by atoms with E-state index in [1.165, 1.54) is 0 Å². The van der Waals surface area contributed by atoms with E-state index in [1.54, 1.807) is 10.0 Å². The molecule has 0 bridgehead atoms. The van der Waals surface area contributed by atoms with Crippen LogP contribution in [0.3, 0.4) is 0 Å². The third-order valence-electron chi connectivity index (χ3n) is 1.82. The predicted molar refractivity (Wildman–Crippen MR) is 48.6 cm³/mol. The molecule has 1 aliphatic rings. The van der Waals surface area contributed by atoms with Gasteiger partial charge in [0.1, 0.15) is 0 Å². The van der Waals surface area contributed by atoms with Crippen molar-refractivity contribution in [2.75, 3.05) is 26.2 Å². The van der Waals surface area contributed by atoms with Gasteiger partial charge in [0.05, 0.1) is 0 Å². The van der Waals surface area contributed by atoms with Crippen LogP contribution in [0.5, 0.6) is 0 Å². The smallest absolute Gasteiger partial charge is 0.326 e. The highest BCUT2D eigenvalue weighted by Crippen LogP contribution is 1.94. The predicted octanol–water partition coefficient (Wildman–Crippen LogP) is -2.23. The van der Waals surface area contributed by atoms with Crippen molar-refractivity contribution in [1.29, 1.82) is 0 Å². The zero-order valence-electron chi connectivity index (χ0n) is 7.69. The van der Waals surface area contributed by atoms with Crippen molar-refractivity contribution in [3.63, 3.8) is 0 Å². The van der Waals surface area contributed by atoms with Crippen molar-refractivity contribution in [3.8, 4) is 0 Å². The summed E-state index contributed by atoms with van der Waals surface area (Å²) in [5.74, 6) is 0. The number of nitrogens with zero attached hydrogens (tertiary/aromatic N) is 2. The molecule has 0 radical (unpaired) electrons.